The molecule has 0 spiro atoms. The van der Waals surface area contributed by atoms with Crippen molar-refractivity contribution in [3.63, 3.8) is 0 Å². The van der Waals surface area contributed by atoms with Gasteiger partial charge in [0.05, 0.1) is 44.5 Å². The van der Waals surface area contributed by atoms with E-state index in [4.69, 9.17) is 0 Å². The van der Waals surface area contributed by atoms with Crippen molar-refractivity contribution in [1.29, 1.82) is 0 Å². The van der Waals surface area contributed by atoms with E-state index < -0.39 is 16.1 Å². The first-order chi connectivity index (χ1) is 44.2. The van der Waals surface area contributed by atoms with Crippen LogP contribution in [0.4, 0.5) is 0 Å². The van der Waals surface area contributed by atoms with Crippen LogP contribution in [0.5, 0.6) is 0 Å². The van der Waals surface area contributed by atoms with E-state index in [2.05, 4.69) is 372 Å². The Morgan fingerprint density at radius 3 is 0.798 bits per heavy atom. The number of hydrogen-bond acceptors (Lipinski definition) is 0. The monoisotopic (exact) mass is 1170 g/mol. The molecule has 0 fully saturated rings. The highest BCUT2D eigenvalue weighted by molar-refractivity contribution is 7.20. The van der Waals surface area contributed by atoms with E-state index in [0.29, 0.717) is 0 Å². The molecule has 17 rings (SSSR count). The summed E-state index contributed by atoms with van der Waals surface area (Å²) in [4.78, 5) is 0. The van der Waals surface area contributed by atoms with E-state index in [0.717, 1.165) is 39.2 Å². The molecule has 0 bridgehead atoms. The third-order valence-corrected chi connectivity index (χ3v) is 28.5. The van der Waals surface area contributed by atoms with Crippen LogP contribution in [0.2, 0.25) is 0 Å². The Kier molecular flexibility index (Phi) is 12.6. The lowest BCUT2D eigenvalue weighted by molar-refractivity contribution is 1.15. The van der Waals surface area contributed by atoms with Crippen LogP contribution in [0, 0.1) is 0 Å². The standard InChI is InChI=1S/C84H59N3Si2/c1-7-29-61(30-8-1)88(62-31-9-2-10-32-62,63-33-11-3-12-34-63)67-52-55-83-75(58-67)73-45-23-28-50-81(73)86(83)79-48-26-21-43-71(79)72-44-22-27-49-80(72)87-82-54-51-60(85-77-46-24-19-41-69(77)70-42-20-25-47-78(70)85)57-74(82)76-59-68(53-56-84(76)87)89(64-35-13-4-14-36-64,65-37-15-5-16-38-65)66-39-17-6-18-40-66/h1-59H. The SMILES string of the molecule is c1ccc([Si](c2ccccc2)(c2ccccc2)c2ccc3c(c2)c2ccccc2n3-c2ccccc2-c2ccccc2-n2c3ccc(-n4c5ccccc5c5ccccc54)cc3c3cc([Si](c4ccccc4)(c4ccccc4)c4ccccc4)ccc32)cc1. The van der Waals surface area contributed by atoms with Crippen molar-refractivity contribution >= 4 is 123 Å². The number of nitrogens with zero attached hydrogens (tertiary/aromatic N) is 3. The molecule has 0 N–H and O–H groups in total. The normalized spacial score (nSPS) is 12.0. The first-order valence-electron chi connectivity index (χ1n) is 30.8. The van der Waals surface area contributed by atoms with Crippen molar-refractivity contribution in [3.05, 3.63) is 358 Å². The summed E-state index contributed by atoms with van der Waals surface area (Å²) in [6.45, 7) is 0. The Hall–Kier alpha value is -11.1. The second kappa shape index (κ2) is 21.4. The van der Waals surface area contributed by atoms with Gasteiger partial charge in [0.2, 0.25) is 0 Å². The van der Waals surface area contributed by atoms with Gasteiger partial charge in [0, 0.05) is 49.1 Å². The van der Waals surface area contributed by atoms with Gasteiger partial charge in [-0.1, -0.05) is 297 Å². The quantitative estimate of drug-likeness (QED) is 0.0855. The smallest absolute Gasteiger partial charge is 0.179 e. The van der Waals surface area contributed by atoms with E-state index in [1.165, 1.54) is 95.9 Å². The lowest BCUT2D eigenvalue weighted by atomic mass is 10.0. The average molecular weight is 1170 g/mol. The van der Waals surface area contributed by atoms with Gasteiger partial charge < -0.3 is 13.7 Å². The molecule has 0 amide bonds. The van der Waals surface area contributed by atoms with Crippen molar-refractivity contribution < 1.29 is 0 Å². The van der Waals surface area contributed by atoms with E-state index in [1.54, 1.807) is 0 Å². The van der Waals surface area contributed by atoms with E-state index in [-0.39, 0.29) is 0 Å². The number of para-hydroxylation sites is 5. The summed E-state index contributed by atoms with van der Waals surface area (Å²) < 4.78 is 7.53. The maximum atomic E-state index is 2.57. The Bertz CT molecular complexity index is 5240. The molecule has 3 aromatic heterocycles. The minimum Gasteiger partial charge on any atom is -0.309 e. The molecule has 0 saturated heterocycles. The van der Waals surface area contributed by atoms with Crippen LogP contribution >= 0.6 is 0 Å². The van der Waals surface area contributed by atoms with Gasteiger partial charge in [-0.25, -0.2) is 0 Å². The van der Waals surface area contributed by atoms with Crippen LogP contribution in [-0.4, -0.2) is 29.8 Å². The second-order valence-corrected chi connectivity index (χ2v) is 31.1. The van der Waals surface area contributed by atoms with Crippen molar-refractivity contribution in [2.75, 3.05) is 0 Å². The van der Waals surface area contributed by atoms with E-state index >= 15 is 0 Å². The van der Waals surface area contributed by atoms with Gasteiger partial charge in [0.25, 0.3) is 0 Å². The molecular formula is C84H59N3Si2. The highest BCUT2D eigenvalue weighted by atomic mass is 28.3. The minimum absolute atomic E-state index is 1.11. The predicted octanol–water partition coefficient (Wildman–Crippen LogP) is 15.4. The summed E-state index contributed by atoms with van der Waals surface area (Å²) >= 11 is 0. The minimum atomic E-state index is -2.94. The molecule has 14 aromatic carbocycles. The fraction of sp³-hybridized carbons (Fsp3) is 0. The second-order valence-electron chi connectivity index (χ2n) is 23.5. The molecule has 0 aliphatic rings. The summed E-state index contributed by atoms with van der Waals surface area (Å²) in [5.41, 5.74) is 12.7. The van der Waals surface area contributed by atoms with Crippen LogP contribution in [0.3, 0.4) is 0 Å². The average Bonchev–Trinajstić information content (AvgIpc) is 1.90. The predicted molar refractivity (Wildman–Crippen MR) is 382 cm³/mol. The lowest BCUT2D eigenvalue weighted by Gasteiger charge is -2.34. The molecule has 0 radical (unpaired) electrons. The molecule has 0 atom stereocenters. The zero-order chi connectivity index (χ0) is 58.9. The first kappa shape index (κ1) is 52.3. The van der Waals surface area contributed by atoms with Crippen LogP contribution in [0.15, 0.2) is 358 Å². The summed E-state index contributed by atoms with van der Waals surface area (Å²) in [5, 5.41) is 18.2. The van der Waals surface area contributed by atoms with Gasteiger partial charge in [-0.3, -0.25) is 0 Å². The maximum Gasteiger partial charge on any atom is 0.179 e. The Balaban J connectivity index is 0.912. The summed E-state index contributed by atoms with van der Waals surface area (Å²) in [7, 11) is -5.79. The molecular weight excluding hydrogens is 1110 g/mol. The van der Waals surface area contributed by atoms with E-state index in [9.17, 15) is 0 Å². The van der Waals surface area contributed by atoms with Gasteiger partial charge in [-0.2, -0.15) is 0 Å². The fourth-order valence-corrected chi connectivity index (χ4v) is 24.8. The third kappa shape index (κ3) is 8.10. The van der Waals surface area contributed by atoms with Crippen molar-refractivity contribution in [2.24, 2.45) is 0 Å². The first-order valence-corrected chi connectivity index (χ1v) is 34.8. The van der Waals surface area contributed by atoms with Gasteiger partial charge in [0.1, 0.15) is 0 Å². The Morgan fingerprint density at radius 1 is 0.169 bits per heavy atom. The number of rotatable bonds is 12. The Labute approximate surface area is 519 Å². The van der Waals surface area contributed by atoms with Gasteiger partial charge in [-0.15, -0.1) is 0 Å². The fourth-order valence-electron chi connectivity index (χ4n) is 15.2. The Morgan fingerprint density at radius 2 is 0.427 bits per heavy atom. The van der Waals surface area contributed by atoms with Crippen LogP contribution in [0.1, 0.15) is 0 Å². The van der Waals surface area contributed by atoms with Crippen molar-refractivity contribution in [2.45, 2.75) is 0 Å². The molecule has 0 aliphatic heterocycles. The van der Waals surface area contributed by atoms with Gasteiger partial charge >= 0.3 is 0 Å². The zero-order valence-corrected chi connectivity index (χ0v) is 50.9. The van der Waals surface area contributed by atoms with Gasteiger partial charge in [0.15, 0.2) is 16.1 Å². The molecule has 3 nitrogen and oxygen atoms in total. The van der Waals surface area contributed by atoms with Crippen LogP contribution in [0.25, 0.3) is 93.6 Å². The largest absolute Gasteiger partial charge is 0.309 e. The number of hydrogen-bond donors (Lipinski definition) is 0. The molecule has 5 heteroatoms. The molecule has 3 heterocycles. The zero-order valence-electron chi connectivity index (χ0n) is 48.9. The molecule has 0 saturated carbocycles. The van der Waals surface area contributed by atoms with Crippen LogP contribution < -0.4 is 41.5 Å². The highest BCUT2D eigenvalue weighted by Crippen LogP contribution is 2.42. The topological polar surface area (TPSA) is 14.8 Å². The number of aromatic nitrogens is 3. The molecule has 0 aliphatic carbocycles. The van der Waals surface area contributed by atoms with Crippen molar-refractivity contribution in [3.8, 4) is 28.2 Å². The summed E-state index contributed by atoms with van der Waals surface area (Å²) in [6, 6.07) is 134. The maximum absolute atomic E-state index is 2.94. The van der Waals surface area contributed by atoms with Crippen LogP contribution in [-0.2, 0) is 0 Å². The van der Waals surface area contributed by atoms with E-state index in [1.807, 2.05) is 0 Å². The lowest BCUT2D eigenvalue weighted by Crippen LogP contribution is -2.74. The summed E-state index contributed by atoms with van der Waals surface area (Å²) in [5.74, 6) is 0. The van der Waals surface area contributed by atoms with Gasteiger partial charge in [-0.05, 0) is 102 Å². The molecule has 89 heavy (non-hydrogen) atoms. The highest BCUT2D eigenvalue weighted by Gasteiger charge is 2.43. The molecule has 418 valence electrons. The number of benzene rings is 14. The number of fused-ring (bicyclic) bond motifs is 9. The summed E-state index contributed by atoms with van der Waals surface area (Å²) in [6.07, 6.45) is 0. The van der Waals surface area contributed by atoms with Crippen molar-refractivity contribution in [1.82, 2.24) is 13.7 Å². The molecule has 0 unspecified atom stereocenters. The third-order valence-electron chi connectivity index (χ3n) is 18.9. The molecule has 17 aromatic rings.